The number of benzene rings is 2. The van der Waals surface area contributed by atoms with Crippen LogP contribution in [0.25, 0.3) is 11.3 Å². The average molecular weight is 418 g/mol. The van der Waals surface area contributed by atoms with Gasteiger partial charge in [0.2, 0.25) is 5.91 Å². The molecule has 1 fully saturated rings. The van der Waals surface area contributed by atoms with Crippen LogP contribution in [0.2, 0.25) is 0 Å². The van der Waals surface area contributed by atoms with E-state index >= 15 is 0 Å². The van der Waals surface area contributed by atoms with Crippen LogP contribution in [0.5, 0.6) is 5.75 Å². The highest BCUT2D eigenvalue weighted by Crippen LogP contribution is 2.28. The second-order valence-electron chi connectivity index (χ2n) is 7.78. The SMILES string of the molecule is COc1cccc(-c2nn(Cc3ccccc3)cc2C(=O)N2CCC(C(N)=O)CC2)c1. The number of likely N-dealkylation sites (tertiary alicyclic amines) is 1. The molecule has 0 atom stereocenters. The van der Waals surface area contributed by atoms with Gasteiger partial charge >= 0.3 is 0 Å². The van der Waals surface area contributed by atoms with Gasteiger partial charge in [-0.1, -0.05) is 42.5 Å². The summed E-state index contributed by atoms with van der Waals surface area (Å²) in [7, 11) is 1.61. The molecule has 2 aromatic carbocycles. The number of ether oxygens (including phenoxy) is 1. The fraction of sp³-hybridized carbons (Fsp3) is 0.292. The Kier molecular flexibility index (Phi) is 6.02. The van der Waals surface area contributed by atoms with E-state index in [2.05, 4.69) is 0 Å². The van der Waals surface area contributed by atoms with Gasteiger partial charge in [-0.05, 0) is 30.5 Å². The molecule has 0 spiro atoms. The molecule has 0 saturated carbocycles. The van der Waals surface area contributed by atoms with Crippen molar-refractivity contribution in [1.82, 2.24) is 14.7 Å². The number of nitrogens with two attached hydrogens (primary N) is 1. The number of carbonyl (C=O) groups is 2. The van der Waals surface area contributed by atoms with Crippen molar-refractivity contribution in [1.29, 1.82) is 0 Å². The van der Waals surface area contributed by atoms with E-state index < -0.39 is 0 Å². The molecule has 0 unspecified atom stereocenters. The second kappa shape index (κ2) is 9.04. The molecule has 2 amide bonds. The van der Waals surface area contributed by atoms with Gasteiger partial charge in [0.25, 0.3) is 5.91 Å². The Labute approximate surface area is 181 Å². The van der Waals surface area contributed by atoms with Crippen molar-refractivity contribution in [2.24, 2.45) is 11.7 Å². The monoisotopic (exact) mass is 418 g/mol. The van der Waals surface area contributed by atoms with Gasteiger partial charge in [0.15, 0.2) is 0 Å². The maximum atomic E-state index is 13.4. The number of piperidine rings is 1. The van der Waals surface area contributed by atoms with Crippen LogP contribution in [0.3, 0.4) is 0 Å². The Morgan fingerprint density at radius 1 is 1.10 bits per heavy atom. The summed E-state index contributed by atoms with van der Waals surface area (Å²) in [5.41, 5.74) is 8.52. The van der Waals surface area contributed by atoms with E-state index in [0.29, 0.717) is 49.5 Å². The number of amides is 2. The number of carbonyl (C=O) groups excluding carboxylic acids is 2. The topological polar surface area (TPSA) is 90.5 Å². The van der Waals surface area contributed by atoms with Crippen LogP contribution in [-0.2, 0) is 11.3 Å². The number of methoxy groups -OCH3 is 1. The number of hydrogen-bond acceptors (Lipinski definition) is 4. The minimum absolute atomic E-state index is 0.0833. The van der Waals surface area contributed by atoms with E-state index in [9.17, 15) is 9.59 Å². The van der Waals surface area contributed by atoms with Gasteiger partial charge in [0.05, 0.1) is 19.2 Å². The third-order valence-electron chi connectivity index (χ3n) is 5.71. The van der Waals surface area contributed by atoms with Gasteiger partial charge in [-0.15, -0.1) is 0 Å². The third kappa shape index (κ3) is 4.60. The molecule has 0 radical (unpaired) electrons. The minimum Gasteiger partial charge on any atom is -0.497 e. The Morgan fingerprint density at radius 3 is 2.52 bits per heavy atom. The molecule has 0 bridgehead atoms. The van der Waals surface area contributed by atoms with E-state index in [0.717, 1.165) is 11.1 Å². The summed E-state index contributed by atoms with van der Waals surface area (Å²) in [5, 5.41) is 4.75. The third-order valence-corrected chi connectivity index (χ3v) is 5.71. The second-order valence-corrected chi connectivity index (χ2v) is 7.78. The van der Waals surface area contributed by atoms with E-state index in [1.54, 1.807) is 16.7 Å². The first kappa shape index (κ1) is 20.7. The summed E-state index contributed by atoms with van der Waals surface area (Å²) in [6.45, 7) is 1.58. The van der Waals surface area contributed by atoms with Crippen molar-refractivity contribution >= 4 is 11.8 Å². The lowest BCUT2D eigenvalue weighted by Gasteiger charge is -2.30. The lowest BCUT2D eigenvalue weighted by Crippen LogP contribution is -2.41. The number of rotatable bonds is 6. The van der Waals surface area contributed by atoms with Gasteiger partial charge in [0.1, 0.15) is 11.4 Å². The summed E-state index contributed by atoms with van der Waals surface area (Å²) < 4.78 is 7.16. The van der Waals surface area contributed by atoms with Gasteiger partial charge in [-0.25, -0.2) is 0 Å². The maximum Gasteiger partial charge on any atom is 0.257 e. The molecule has 3 aromatic rings. The first-order chi connectivity index (χ1) is 15.0. The van der Waals surface area contributed by atoms with Crippen LogP contribution < -0.4 is 10.5 Å². The predicted molar refractivity (Wildman–Crippen MR) is 118 cm³/mol. The quantitative estimate of drug-likeness (QED) is 0.666. The molecule has 1 saturated heterocycles. The fourth-order valence-corrected chi connectivity index (χ4v) is 3.95. The zero-order chi connectivity index (χ0) is 21.8. The fourth-order valence-electron chi connectivity index (χ4n) is 3.95. The summed E-state index contributed by atoms with van der Waals surface area (Å²) in [6.07, 6.45) is 2.99. The highest BCUT2D eigenvalue weighted by molar-refractivity contribution is 6.00. The van der Waals surface area contributed by atoms with E-state index in [4.69, 9.17) is 15.6 Å². The Hall–Kier alpha value is -3.61. The van der Waals surface area contributed by atoms with Crippen molar-refractivity contribution in [3.8, 4) is 17.0 Å². The van der Waals surface area contributed by atoms with Gasteiger partial charge < -0.3 is 15.4 Å². The molecule has 0 aliphatic carbocycles. The van der Waals surface area contributed by atoms with Crippen molar-refractivity contribution in [3.05, 3.63) is 71.9 Å². The highest BCUT2D eigenvalue weighted by atomic mass is 16.5. The molecule has 7 nitrogen and oxygen atoms in total. The lowest BCUT2D eigenvalue weighted by atomic mass is 9.95. The van der Waals surface area contributed by atoms with Crippen LogP contribution in [0, 0.1) is 5.92 Å². The van der Waals surface area contributed by atoms with E-state index in [-0.39, 0.29) is 17.7 Å². The molecule has 160 valence electrons. The lowest BCUT2D eigenvalue weighted by molar-refractivity contribution is -0.123. The number of hydrogen-bond donors (Lipinski definition) is 1. The van der Waals surface area contributed by atoms with Crippen molar-refractivity contribution in [2.75, 3.05) is 20.2 Å². The smallest absolute Gasteiger partial charge is 0.257 e. The number of nitrogens with zero attached hydrogens (tertiary/aromatic N) is 3. The predicted octanol–water partition coefficient (Wildman–Crippen LogP) is 2.94. The van der Waals surface area contributed by atoms with Crippen LogP contribution >= 0.6 is 0 Å². The van der Waals surface area contributed by atoms with E-state index in [1.807, 2.05) is 60.8 Å². The van der Waals surface area contributed by atoms with Crippen LogP contribution in [-0.4, -0.2) is 46.7 Å². The summed E-state index contributed by atoms with van der Waals surface area (Å²) in [5.74, 6) is 0.165. The molecule has 2 N–H and O–H groups in total. The summed E-state index contributed by atoms with van der Waals surface area (Å²) in [4.78, 5) is 26.7. The molecular formula is C24H26N4O3. The molecule has 1 aliphatic rings. The molecule has 31 heavy (non-hydrogen) atoms. The van der Waals surface area contributed by atoms with Gasteiger partial charge in [0, 0.05) is 30.8 Å². The highest BCUT2D eigenvalue weighted by Gasteiger charge is 2.29. The Balaban J connectivity index is 1.66. The van der Waals surface area contributed by atoms with Crippen LogP contribution in [0.4, 0.5) is 0 Å². The standard InChI is InChI=1S/C24H26N4O3/c1-31-20-9-5-8-19(14-20)22-21(16-28(26-22)15-17-6-3-2-4-7-17)24(30)27-12-10-18(11-13-27)23(25)29/h2-9,14,16,18H,10-13,15H2,1H3,(H2,25,29). The van der Waals surface area contributed by atoms with Gasteiger partial charge in [-0.2, -0.15) is 5.10 Å². The molecule has 1 aliphatic heterocycles. The average Bonchev–Trinajstić information content (AvgIpc) is 3.23. The van der Waals surface area contributed by atoms with Gasteiger partial charge in [-0.3, -0.25) is 14.3 Å². The zero-order valence-electron chi connectivity index (χ0n) is 17.5. The maximum absolute atomic E-state index is 13.4. The molecule has 4 rings (SSSR count). The molecule has 1 aromatic heterocycles. The summed E-state index contributed by atoms with van der Waals surface area (Å²) >= 11 is 0. The number of primary amides is 1. The Bertz CT molecular complexity index is 1070. The minimum atomic E-state index is -0.292. The molecule has 7 heteroatoms. The molecule has 2 heterocycles. The first-order valence-corrected chi connectivity index (χ1v) is 10.4. The molecular weight excluding hydrogens is 392 g/mol. The number of aromatic nitrogens is 2. The van der Waals surface area contributed by atoms with Crippen molar-refractivity contribution in [2.45, 2.75) is 19.4 Å². The Morgan fingerprint density at radius 2 is 1.84 bits per heavy atom. The zero-order valence-corrected chi connectivity index (χ0v) is 17.5. The van der Waals surface area contributed by atoms with Crippen LogP contribution in [0.15, 0.2) is 60.8 Å². The largest absolute Gasteiger partial charge is 0.497 e. The normalized spacial score (nSPS) is 14.4. The first-order valence-electron chi connectivity index (χ1n) is 10.4. The van der Waals surface area contributed by atoms with Crippen molar-refractivity contribution < 1.29 is 14.3 Å². The summed E-state index contributed by atoms with van der Waals surface area (Å²) in [6, 6.07) is 17.6. The van der Waals surface area contributed by atoms with Crippen molar-refractivity contribution in [3.63, 3.8) is 0 Å². The van der Waals surface area contributed by atoms with Crippen LogP contribution in [0.1, 0.15) is 28.8 Å². The van der Waals surface area contributed by atoms with E-state index in [1.165, 1.54) is 0 Å².